The van der Waals surface area contributed by atoms with Gasteiger partial charge in [-0.05, 0) is 76.9 Å². The van der Waals surface area contributed by atoms with Crippen molar-refractivity contribution in [1.82, 2.24) is 40.4 Å². The van der Waals surface area contributed by atoms with Crippen LogP contribution in [0.3, 0.4) is 0 Å². The second-order valence-electron chi connectivity index (χ2n) is 11.5. The van der Waals surface area contributed by atoms with E-state index < -0.39 is 0 Å². The molecular formula is C35H40N8O2. The number of aromatic amines is 2. The van der Waals surface area contributed by atoms with E-state index in [1.54, 1.807) is 12.1 Å². The Bertz CT molecular complexity index is 1810. The quantitative estimate of drug-likeness (QED) is 0.109. The molecule has 0 fully saturated rings. The topological polar surface area (TPSA) is 122 Å². The Morgan fingerprint density at radius 2 is 1.24 bits per heavy atom. The molecule has 10 heteroatoms. The zero-order valence-electron chi connectivity index (χ0n) is 26.1. The molecule has 0 radical (unpaired) electrons. The van der Waals surface area contributed by atoms with Gasteiger partial charge >= 0.3 is 0 Å². The zero-order chi connectivity index (χ0) is 31.8. The highest BCUT2D eigenvalue weighted by Gasteiger charge is 2.13. The second kappa shape index (κ2) is 14.7. The largest absolute Gasteiger partial charge is 0.351 e. The van der Waals surface area contributed by atoms with E-state index in [-0.39, 0.29) is 11.8 Å². The zero-order valence-corrected chi connectivity index (χ0v) is 26.1. The van der Waals surface area contributed by atoms with Crippen molar-refractivity contribution in [1.29, 1.82) is 0 Å². The number of hydrogen-bond donors (Lipinski definition) is 4. The number of nitrogens with one attached hydrogen (secondary N) is 4. The van der Waals surface area contributed by atoms with Crippen LogP contribution in [-0.2, 0) is 0 Å². The Labute approximate surface area is 263 Å². The van der Waals surface area contributed by atoms with Gasteiger partial charge in [-0.1, -0.05) is 24.3 Å². The Kier molecular flexibility index (Phi) is 10.2. The number of rotatable bonds is 14. The smallest absolute Gasteiger partial charge is 0.251 e. The predicted molar refractivity (Wildman–Crippen MR) is 180 cm³/mol. The predicted octanol–water partition coefficient (Wildman–Crippen LogP) is 4.53. The molecule has 0 aliphatic carbocycles. The van der Waals surface area contributed by atoms with Crippen LogP contribution in [0.5, 0.6) is 0 Å². The van der Waals surface area contributed by atoms with E-state index in [0.29, 0.717) is 24.2 Å². The molecule has 10 nitrogen and oxygen atoms in total. The van der Waals surface area contributed by atoms with Gasteiger partial charge in [0.2, 0.25) is 0 Å². The number of imidazole rings is 2. The van der Waals surface area contributed by atoms with Gasteiger partial charge in [0.05, 0.1) is 22.1 Å². The first-order chi connectivity index (χ1) is 21.8. The highest BCUT2D eigenvalue weighted by Crippen LogP contribution is 2.26. The molecular weight excluding hydrogens is 564 g/mol. The molecule has 5 rings (SSSR count). The summed E-state index contributed by atoms with van der Waals surface area (Å²) in [5.74, 6) is 3.89. The summed E-state index contributed by atoms with van der Waals surface area (Å²) in [4.78, 5) is 45.7. The number of carbonyl (C=O) groups is 2. The summed E-state index contributed by atoms with van der Waals surface area (Å²) in [7, 11) is 5.99. The van der Waals surface area contributed by atoms with Gasteiger partial charge in [0.1, 0.15) is 11.6 Å². The Morgan fingerprint density at radius 1 is 0.733 bits per heavy atom. The van der Waals surface area contributed by atoms with Gasteiger partial charge in [0, 0.05) is 54.9 Å². The summed E-state index contributed by atoms with van der Waals surface area (Å²) < 4.78 is 0. The molecule has 2 heterocycles. The van der Waals surface area contributed by atoms with E-state index in [9.17, 15) is 9.59 Å². The van der Waals surface area contributed by atoms with Gasteiger partial charge in [-0.2, -0.15) is 0 Å². The Hall–Kier alpha value is -4.98. The normalized spacial score (nSPS) is 11.4. The van der Waals surface area contributed by atoms with Crippen molar-refractivity contribution in [2.75, 3.05) is 53.9 Å². The van der Waals surface area contributed by atoms with Crippen molar-refractivity contribution in [3.05, 3.63) is 71.8 Å². The minimum absolute atomic E-state index is 0.107. The minimum Gasteiger partial charge on any atom is -0.351 e. The van der Waals surface area contributed by atoms with Crippen molar-refractivity contribution in [3.8, 4) is 35.1 Å². The summed E-state index contributed by atoms with van der Waals surface area (Å²) in [6.07, 6.45) is 8.19. The van der Waals surface area contributed by atoms with E-state index in [2.05, 4.69) is 38.5 Å². The van der Waals surface area contributed by atoms with Gasteiger partial charge in [0.25, 0.3) is 11.8 Å². The average molecular weight is 605 g/mol. The Balaban J connectivity index is 1.21. The van der Waals surface area contributed by atoms with Gasteiger partial charge in [-0.25, -0.2) is 9.97 Å². The second-order valence-corrected chi connectivity index (χ2v) is 11.5. The molecule has 0 saturated carbocycles. The van der Waals surface area contributed by atoms with E-state index in [4.69, 9.17) is 16.4 Å². The number of nitrogens with zero attached hydrogens (tertiary/aromatic N) is 4. The summed E-state index contributed by atoms with van der Waals surface area (Å²) >= 11 is 0. The molecule has 0 atom stereocenters. The van der Waals surface area contributed by atoms with Crippen LogP contribution in [0.15, 0.2) is 60.7 Å². The number of unbranched alkanes of at least 4 members (excludes halogenated alkanes) is 2. The molecule has 2 amide bonds. The molecule has 2 aromatic heterocycles. The maximum atomic E-state index is 12.8. The van der Waals surface area contributed by atoms with Gasteiger partial charge in [0.15, 0.2) is 0 Å². The molecule has 0 saturated heterocycles. The van der Waals surface area contributed by atoms with Crippen LogP contribution in [0.2, 0.25) is 0 Å². The minimum atomic E-state index is -0.110. The summed E-state index contributed by atoms with van der Waals surface area (Å²) in [6.45, 7) is 3.66. The molecule has 0 aliphatic heterocycles. The highest BCUT2D eigenvalue weighted by atomic mass is 16.2. The van der Waals surface area contributed by atoms with Crippen LogP contribution in [0, 0.1) is 12.3 Å². The fraction of sp³-hybridized carbons (Fsp3) is 0.314. The number of benzene rings is 3. The first kappa shape index (κ1) is 31.4. The molecule has 4 N–H and O–H groups in total. The van der Waals surface area contributed by atoms with E-state index >= 15 is 0 Å². The number of carbonyl (C=O) groups excluding carboxylic acids is 2. The maximum Gasteiger partial charge on any atom is 0.251 e. The van der Waals surface area contributed by atoms with Gasteiger partial charge in [-0.15, -0.1) is 12.3 Å². The number of hydrogen-bond acceptors (Lipinski definition) is 6. The van der Waals surface area contributed by atoms with Gasteiger partial charge < -0.3 is 30.4 Å². The number of fused-ring (bicyclic) bond motifs is 2. The van der Waals surface area contributed by atoms with E-state index in [0.717, 1.165) is 83.7 Å². The van der Waals surface area contributed by atoms with Crippen LogP contribution in [0.1, 0.15) is 40.0 Å². The molecule has 0 spiro atoms. The standard InChI is InChI=1S/C35H40N8O2/c1-5-6-7-8-19-43(4)21-18-37-35(45)27-14-16-29-31(23-27)41-33(39-29)25-11-9-24(10-12-25)32-38-28-15-13-26(22-30(28)40-32)34(44)36-17-20-42(2)3/h1,9-16,22-23H,6-8,17-21H2,2-4H3,(H,36,44)(H,37,45)(H,38,40)(H,39,41). The molecule has 3 aromatic carbocycles. The van der Waals surface area contributed by atoms with E-state index in [1.165, 1.54) is 0 Å². The number of H-pyrrole nitrogens is 2. The van der Waals surface area contributed by atoms with Crippen LogP contribution in [-0.4, -0.2) is 95.4 Å². The Morgan fingerprint density at radius 3 is 1.73 bits per heavy atom. The first-order valence-electron chi connectivity index (χ1n) is 15.2. The molecule has 5 aromatic rings. The lowest BCUT2D eigenvalue weighted by Gasteiger charge is -2.16. The third-order valence-electron chi connectivity index (χ3n) is 7.65. The lowest BCUT2D eigenvalue weighted by molar-refractivity contribution is 0.0942. The molecule has 0 bridgehead atoms. The summed E-state index contributed by atoms with van der Waals surface area (Å²) in [6, 6.07) is 18.9. The fourth-order valence-electron chi connectivity index (χ4n) is 5.04. The third-order valence-corrected chi connectivity index (χ3v) is 7.65. The number of likely N-dealkylation sites (N-methyl/N-ethyl adjacent to an activating group) is 2. The number of aromatic nitrogens is 4. The lowest BCUT2D eigenvalue weighted by atomic mass is 10.1. The van der Waals surface area contributed by atoms with Crippen LogP contribution in [0.4, 0.5) is 0 Å². The fourth-order valence-corrected chi connectivity index (χ4v) is 5.04. The number of amides is 2. The van der Waals surface area contributed by atoms with Crippen LogP contribution < -0.4 is 10.6 Å². The summed E-state index contributed by atoms with van der Waals surface area (Å²) in [5.41, 5.74) is 6.19. The van der Waals surface area contributed by atoms with Crippen molar-refractivity contribution >= 4 is 33.9 Å². The molecule has 0 unspecified atom stereocenters. The summed E-state index contributed by atoms with van der Waals surface area (Å²) in [5, 5.41) is 5.95. The first-order valence-corrected chi connectivity index (χ1v) is 15.2. The third kappa shape index (κ3) is 8.15. The van der Waals surface area contributed by atoms with Gasteiger partial charge in [-0.3, -0.25) is 9.59 Å². The lowest BCUT2D eigenvalue weighted by Crippen LogP contribution is -2.33. The van der Waals surface area contributed by atoms with Crippen molar-refractivity contribution in [2.24, 2.45) is 0 Å². The maximum absolute atomic E-state index is 12.8. The van der Waals surface area contributed by atoms with E-state index in [1.807, 2.05) is 67.5 Å². The number of terminal acetylenes is 1. The highest BCUT2D eigenvalue weighted by molar-refractivity contribution is 5.98. The molecule has 0 aliphatic rings. The van der Waals surface area contributed by atoms with Crippen LogP contribution in [0.25, 0.3) is 44.8 Å². The molecule has 232 valence electrons. The van der Waals surface area contributed by atoms with Crippen molar-refractivity contribution < 1.29 is 9.59 Å². The van der Waals surface area contributed by atoms with Crippen molar-refractivity contribution in [2.45, 2.75) is 19.3 Å². The molecule has 45 heavy (non-hydrogen) atoms. The SMILES string of the molecule is C#CCCCCN(C)CCNC(=O)c1ccc2nc(-c3ccc(-c4nc5ccc(C(=O)NCCN(C)C)cc5[nH]4)cc3)[nH]c2c1. The van der Waals surface area contributed by atoms with Crippen molar-refractivity contribution in [3.63, 3.8) is 0 Å². The monoisotopic (exact) mass is 604 g/mol. The average Bonchev–Trinajstić information content (AvgIpc) is 3.67. The van der Waals surface area contributed by atoms with Crippen LogP contribution >= 0.6 is 0 Å².